The highest BCUT2D eigenvalue weighted by Crippen LogP contribution is 2.36. The van der Waals surface area contributed by atoms with Gasteiger partial charge in [0.25, 0.3) is 0 Å². The van der Waals surface area contributed by atoms with Gasteiger partial charge in [0, 0.05) is 0 Å². The van der Waals surface area contributed by atoms with Crippen LogP contribution in [0.1, 0.15) is 0 Å². The van der Waals surface area contributed by atoms with Gasteiger partial charge in [0.1, 0.15) is 5.75 Å². The lowest BCUT2D eigenvalue weighted by molar-refractivity contribution is -0.360. The summed E-state index contributed by atoms with van der Waals surface area (Å²) in [4.78, 5) is 3.20. The number of aromatic nitrogens is 1. The minimum atomic E-state index is -5.74. The molecular weight excluding hydrogens is 209 g/mol. The summed E-state index contributed by atoms with van der Waals surface area (Å²) < 4.78 is 62.7. The standard InChI is InChI=1S/C7H3F5NO/c8-6(9,10)7(11,12)14-5-2-1-3-13-4-5/h1-2,4H. The Kier molecular flexibility index (Phi) is 2.59. The van der Waals surface area contributed by atoms with Gasteiger partial charge < -0.3 is 4.74 Å². The molecule has 0 fully saturated rings. The zero-order valence-corrected chi connectivity index (χ0v) is 6.48. The summed E-state index contributed by atoms with van der Waals surface area (Å²) in [7, 11) is 0. The first-order valence-electron chi connectivity index (χ1n) is 3.28. The lowest BCUT2D eigenvalue weighted by Crippen LogP contribution is -2.41. The molecule has 14 heavy (non-hydrogen) atoms. The average molecular weight is 212 g/mol. The molecule has 0 aliphatic rings. The molecular formula is C7H3F5NO. The molecule has 1 aromatic rings. The molecule has 0 spiro atoms. The number of hydrogen-bond acceptors (Lipinski definition) is 2. The minimum Gasteiger partial charge on any atom is -0.424 e. The lowest BCUT2D eigenvalue weighted by atomic mass is 10.4. The van der Waals surface area contributed by atoms with E-state index >= 15 is 0 Å². The molecule has 0 aliphatic heterocycles. The normalized spacial score (nSPS) is 12.6. The number of hydrogen-bond donors (Lipinski definition) is 0. The molecule has 0 amide bonds. The van der Waals surface area contributed by atoms with Crippen molar-refractivity contribution >= 4 is 0 Å². The summed E-state index contributed by atoms with van der Waals surface area (Å²) in [6.07, 6.45) is -8.05. The van der Waals surface area contributed by atoms with Crippen LogP contribution in [0.15, 0.2) is 18.3 Å². The second kappa shape index (κ2) is 3.39. The van der Waals surface area contributed by atoms with E-state index in [1.165, 1.54) is 0 Å². The van der Waals surface area contributed by atoms with Crippen LogP contribution in [0.4, 0.5) is 22.0 Å². The number of pyridine rings is 1. The maximum Gasteiger partial charge on any atom is 0.499 e. The number of ether oxygens (including phenoxy) is 1. The van der Waals surface area contributed by atoms with E-state index in [1.807, 2.05) is 0 Å². The summed E-state index contributed by atoms with van der Waals surface area (Å²) in [6.45, 7) is 0. The molecule has 0 aliphatic carbocycles. The molecule has 1 heterocycles. The van der Waals surface area contributed by atoms with Gasteiger partial charge in [-0.3, -0.25) is 4.98 Å². The van der Waals surface area contributed by atoms with Gasteiger partial charge >= 0.3 is 12.3 Å². The van der Waals surface area contributed by atoms with Gasteiger partial charge in [-0.15, -0.1) is 0 Å². The van der Waals surface area contributed by atoms with E-state index in [-0.39, 0.29) is 0 Å². The molecule has 2 nitrogen and oxygen atoms in total. The van der Waals surface area contributed by atoms with E-state index in [0.29, 0.717) is 6.20 Å². The van der Waals surface area contributed by atoms with Gasteiger partial charge in [-0.1, -0.05) is 0 Å². The highest BCUT2D eigenvalue weighted by atomic mass is 19.4. The fraction of sp³-hybridized carbons (Fsp3) is 0.286. The van der Waals surface area contributed by atoms with E-state index in [9.17, 15) is 22.0 Å². The summed E-state index contributed by atoms with van der Waals surface area (Å²) in [5.41, 5.74) is 0. The predicted molar refractivity (Wildman–Crippen MR) is 34.7 cm³/mol. The van der Waals surface area contributed by atoms with Crippen LogP contribution in [0.25, 0.3) is 0 Å². The third-order valence-corrected chi connectivity index (χ3v) is 1.16. The van der Waals surface area contributed by atoms with Crippen LogP contribution >= 0.6 is 0 Å². The Bertz CT molecular complexity index is 297. The van der Waals surface area contributed by atoms with Crippen LogP contribution in [0.2, 0.25) is 0 Å². The molecule has 1 aromatic heterocycles. The number of nitrogens with zero attached hydrogens (tertiary/aromatic N) is 1. The first kappa shape index (κ1) is 10.7. The van der Waals surface area contributed by atoms with E-state index in [2.05, 4.69) is 15.9 Å². The Labute approximate surface area is 75.3 Å². The zero-order chi connectivity index (χ0) is 10.8. The van der Waals surface area contributed by atoms with Crippen molar-refractivity contribution in [2.45, 2.75) is 12.3 Å². The van der Waals surface area contributed by atoms with Crippen LogP contribution < -0.4 is 4.74 Å². The van der Waals surface area contributed by atoms with Crippen molar-refractivity contribution in [3.8, 4) is 5.75 Å². The second-order valence-corrected chi connectivity index (χ2v) is 2.24. The second-order valence-electron chi connectivity index (χ2n) is 2.24. The van der Waals surface area contributed by atoms with Gasteiger partial charge in [-0.05, 0) is 12.1 Å². The topological polar surface area (TPSA) is 22.1 Å². The van der Waals surface area contributed by atoms with Crippen molar-refractivity contribution in [2.24, 2.45) is 0 Å². The molecule has 0 unspecified atom stereocenters. The van der Waals surface area contributed by atoms with Gasteiger partial charge in [-0.2, -0.15) is 22.0 Å². The minimum absolute atomic E-state index is 0.675. The molecule has 0 aromatic carbocycles. The van der Waals surface area contributed by atoms with Gasteiger partial charge in [0.2, 0.25) is 0 Å². The summed E-state index contributed by atoms with van der Waals surface area (Å²) in [5.74, 6) is -0.675. The highest BCUT2D eigenvalue weighted by molar-refractivity contribution is 5.15. The van der Waals surface area contributed by atoms with Gasteiger partial charge in [0.15, 0.2) is 0 Å². The Hall–Kier alpha value is -1.40. The van der Waals surface area contributed by atoms with E-state index in [1.54, 1.807) is 0 Å². The van der Waals surface area contributed by atoms with Crippen molar-refractivity contribution in [3.05, 3.63) is 24.5 Å². The van der Waals surface area contributed by atoms with Crippen LogP contribution in [0.5, 0.6) is 5.75 Å². The quantitative estimate of drug-likeness (QED) is 0.702. The summed E-state index contributed by atoms with van der Waals surface area (Å²) in [6, 6.07) is 1.95. The number of alkyl halides is 5. The molecule has 1 rings (SSSR count). The van der Waals surface area contributed by atoms with E-state index in [0.717, 1.165) is 12.1 Å². The van der Waals surface area contributed by atoms with Crippen LogP contribution in [-0.2, 0) is 0 Å². The van der Waals surface area contributed by atoms with Gasteiger partial charge in [-0.25, -0.2) is 0 Å². The molecule has 0 bridgehead atoms. The SMILES string of the molecule is FC(F)(F)C(F)(F)Oc1cc[c]nc1. The lowest BCUT2D eigenvalue weighted by Gasteiger charge is -2.19. The maximum absolute atomic E-state index is 12.2. The highest BCUT2D eigenvalue weighted by Gasteiger charge is 2.61. The molecule has 0 saturated heterocycles. The first-order chi connectivity index (χ1) is 6.33. The van der Waals surface area contributed by atoms with E-state index < -0.39 is 18.0 Å². The van der Waals surface area contributed by atoms with Crippen LogP contribution in [-0.4, -0.2) is 17.3 Å². The van der Waals surface area contributed by atoms with Gasteiger partial charge in [0.05, 0.1) is 12.4 Å². The fourth-order valence-electron chi connectivity index (χ4n) is 0.573. The van der Waals surface area contributed by atoms with Crippen LogP contribution in [0.3, 0.4) is 0 Å². The fourth-order valence-corrected chi connectivity index (χ4v) is 0.573. The smallest absolute Gasteiger partial charge is 0.424 e. The molecule has 77 valence electrons. The molecule has 0 N–H and O–H groups in total. The first-order valence-corrected chi connectivity index (χ1v) is 3.28. The summed E-state index contributed by atoms with van der Waals surface area (Å²) in [5, 5.41) is 0. The molecule has 0 saturated carbocycles. The van der Waals surface area contributed by atoms with Crippen molar-refractivity contribution in [3.63, 3.8) is 0 Å². The molecule has 0 atom stereocenters. The Morgan fingerprint density at radius 3 is 2.29 bits per heavy atom. The average Bonchev–Trinajstić information content (AvgIpc) is 2.03. The van der Waals surface area contributed by atoms with Crippen molar-refractivity contribution in [1.82, 2.24) is 4.98 Å². The maximum atomic E-state index is 12.2. The Balaban J connectivity index is 2.79. The van der Waals surface area contributed by atoms with E-state index in [4.69, 9.17) is 0 Å². The molecule has 7 heteroatoms. The number of rotatable bonds is 2. The van der Waals surface area contributed by atoms with Crippen molar-refractivity contribution in [2.75, 3.05) is 0 Å². The van der Waals surface area contributed by atoms with Crippen molar-refractivity contribution < 1.29 is 26.7 Å². The zero-order valence-electron chi connectivity index (χ0n) is 6.48. The Morgan fingerprint density at radius 2 is 1.86 bits per heavy atom. The van der Waals surface area contributed by atoms with Crippen LogP contribution in [0, 0.1) is 6.20 Å². The predicted octanol–water partition coefficient (Wildman–Crippen LogP) is 2.42. The Morgan fingerprint density at radius 1 is 1.21 bits per heavy atom. The third kappa shape index (κ3) is 2.30. The molecule has 1 radical (unpaired) electrons. The van der Waals surface area contributed by atoms with Crippen molar-refractivity contribution in [1.29, 1.82) is 0 Å². The number of halogens is 5. The monoisotopic (exact) mass is 212 g/mol. The largest absolute Gasteiger partial charge is 0.499 e. The third-order valence-electron chi connectivity index (χ3n) is 1.16. The summed E-state index contributed by atoms with van der Waals surface area (Å²) >= 11 is 0.